The zero-order valence-corrected chi connectivity index (χ0v) is 12.3. The lowest BCUT2D eigenvalue weighted by Gasteiger charge is -2.05. The molecule has 0 aliphatic carbocycles. The van der Waals surface area contributed by atoms with Crippen LogP contribution in [0, 0.1) is 27.7 Å². The lowest BCUT2D eigenvalue weighted by Crippen LogP contribution is -2.14. The number of hydrogen-bond donors (Lipinski definition) is 3. The van der Waals surface area contributed by atoms with E-state index in [1.165, 1.54) is 6.92 Å². The van der Waals surface area contributed by atoms with Crippen molar-refractivity contribution in [2.24, 2.45) is 0 Å². The van der Waals surface area contributed by atoms with E-state index in [9.17, 15) is 9.59 Å². The van der Waals surface area contributed by atoms with Crippen LogP contribution >= 0.6 is 0 Å². The van der Waals surface area contributed by atoms with Crippen molar-refractivity contribution in [3.63, 3.8) is 0 Å². The lowest BCUT2D eigenvalue weighted by molar-refractivity contribution is 0.101. The van der Waals surface area contributed by atoms with E-state index in [1.54, 1.807) is 13.8 Å². The molecule has 3 N–H and O–H groups in total. The molecule has 6 nitrogen and oxygen atoms in total. The topological polar surface area (TPSA) is 90.6 Å². The fraction of sp³-hybridized carbons (Fsp3) is 0.357. The summed E-state index contributed by atoms with van der Waals surface area (Å²) in [5.74, 6) is -0.323. The molecule has 2 rings (SSSR count). The molecule has 0 aliphatic rings. The number of amides is 1. The van der Waals surface area contributed by atoms with Gasteiger partial charge in [0.1, 0.15) is 5.69 Å². The van der Waals surface area contributed by atoms with Crippen LogP contribution in [0.25, 0.3) is 0 Å². The molecule has 0 saturated heterocycles. The third kappa shape index (κ3) is 2.24. The number of aromatic nitrogens is 3. The van der Waals surface area contributed by atoms with Crippen molar-refractivity contribution in [2.75, 3.05) is 5.32 Å². The molecule has 20 heavy (non-hydrogen) atoms. The molecule has 0 saturated carbocycles. The quantitative estimate of drug-likeness (QED) is 0.751. The molecule has 0 fully saturated rings. The minimum absolute atomic E-state index is 0.0500. The lowest BCUT2D eigenvalue weighted by atomic mass is 10.1. The van der Waals surface area contributed by atoms with Gasteiger partial charge in [-0.05, 0) is 40.2 Å². The normalized spacial score (nSPS) is 10.7. The van der Waals surface area contributed by atoms with Crippen molar-refractivity contribution in [1.29, 1.82) is 0 Å². The number of nitrogens with one attached hydrogen (secondary N) is 3. The van der Waals surface area contributed by atoms with Gasteiger partial charge < -0.3 is 10.3 Å². The molecule has 1 amide bonds. The fourth-order valence-electron chi connectivity index (χ4n) is 2.42. The Bertz CT molecular complexity index is 675. The smallest absolute Gasteiger partial charge is 0.272 e. The van der Waals surface area contributed by atoms with E-state index >= 15 is 0 Å². The first kappa shape index (κ1) is 14.0. The number of aromatic amines is 2. The summed E-state index contributed by atoms with van der Waals surface area (Å²) in [5.41, 5.74) is 4.56. The Labute approximate surface area is 117 Å². The van der Waals surface area contributed by atoms with E-state index in [1.807, 2.05) is 13.8 Å². The number of hydrogen-bond acceptors (Lipinski definition) is 3. The molecular weight excluding hydrogens is 256 g/mol. The highest BCUT2D eigenvalue weighted by Crippen LogP contribution is 2.21. The van der Waals surface area contributed by atoms with Crippen LogP contribution in [0.5, 0.6) is 0 Å². The van der Waals surface area contributed by atoms with E-state index in [0.29, 0.717) is 28.2 Å². The van der Waals surface area contributed by atoms with Gasteiger partial charge in [0.2, 0.25) is 0 Å². The van der Waals surface area contributed by atoms with Crippen molar-refractivity contribution in [3.8, 4) is 0 Å². The maximum absolute atomic E-state index is 12.3. The Morgan fingerprint density at radius 1 is 1.10 bits per heavy atom. The van der Waals surface area contributed by atoms with E-state index in [0.717, 1.165) is 11.4 Å². The van der Waals surface area contributed by atoms with Gasteiger partial charge in [0.05, 0.1) is 17.1 Å². The highest BCUT2D eigenvalue weighted by Gasteiger charge is 2.21. The number of nitrogens with zero attached hydrogens (tertiary/aromatic N) is 1. The highest BCUT2D eigenvalue weighted by atomic mass is 16.2. The molecule has 0 spiro atoms. The number of ketones is 1. The summed E-state index contributed by atoms with van der Waals surface area (Å²) in [5, 5.41) is 9.67. The van der Waals surface area contributed by atoms with Crippen molar-refractivity contribution in [1.82, 2.24) is 15.2 Å². The molecular formula is C14H18N4O2. The van der Waals surface area contributed by atoms with E-state index in [2.05, 4.69) is 20.5 Å². The average Bonchev–Trinajstić information content (AvgIpc) is 2.82. The SMILES string of the molecule is CC(=O)c1c(C)[nH]c(C(=O)Nc2c(C)n[nH]c2C)c1C. The largest absolute Gasteiger partial charge is 0.354 e. The number of anilines is 1. The summed E-state index contributed by atoms with van der Waals surface area (Å²) in [6.45, 7) is 8.70. The van der Waals surface area contributed by atoms with E-state index in [4.69, 9.17) is 0 Å². The summed E-state index contributed by atoms with van der Waals surface area (Å²) in [6, 6.07) is 0. The van der Waals surface area contributed by atoms with Gasteiger partial charge in [0, 0.05) is 11.3 Å². The second-order valence-corrected chi connectivity index (χ2v) is 4.94. The van der Waals surface area contributed by atoms with Gasteiger partial charge in [-0.2, -0.15) is 5.10 Å². The average molecular weight is 274 g/mol. The minimum atomic E-state index is -0.272. The highest BCUT2D eigenvalue weighted by molar-refractivity contribution is 6.08. The van der Waals surface area contributed by atoms with Gasteiger partial charge in [0.15, 0.2) is 5.78 Å². The molecule has 2 aromatic heterocycles. The molecule has 2 heterocycles. The second kappa shape index (κ2) is 4.96. The Morgan fingerprint density at radius 2 is 1.75 bits per heavy atom. The molecule has 0 radical (unpaired) electrons. The predicted octanol–water partition coefficient (Wildman–Crippen LogP) is 2.43. The molecule has 0 aliphatic heterocycles. The number of H-pyrrole nitrogens is 2. The first-order valence-corrected chi connectivity index (χ1v) is 6.36. The zero-order chi connectivity index (χ0) is 15.0. The summed E-state index contributed by atoms with van der Waals surface area (Å²) in [4.78, 5) is 26.9. The number of aryl methyl sites for hydroxylation is 3. The molecule has 0 bridgehead atoms. The third-order valence-corrected chi connectivity index (χ3v) is 3.38. The van der Waals surface area contributed by atoms with Crippen LogP contribution in [0.1, 0.15) is 50.4 Å². The summed E-state index contributed by atoms with van der Waals surface area (Å²) in [6.07, 6.45) is 0. The fourth-order valence-corrected chi connectivity index (χ4v) is 2.42. The Kier molecular flexibility index (Phi) is 3.48. The molecule has 0 aromatic carbocycles. The van der Waals surface area contributed by atoms with Crippen molar-refractivity contribution < 1.29 is 9.59 Å². The standard InChI is InChI=1S/C14H18N4O2/c1-6-11(10(5)19)7(2)15-12(6)14(20)16-13-8(3)17-18-9(13)4/h15H,1-5H3,(H,16,20)(H,17,18). The summed E-state index contributed by atoms with van der Waals surface area (Å²) < 4.78 is 0. The number of carbonyl (C=O) groups is 2. The number of rotatable bonds is 3. The van der Waals surface area contributed by atoms with Crippen LogP contribution in [0.3, 0.4) is 0 Å². The third-order valence-electron chi connectivity index (χ3n) is 3.38. The summed E-state index contributed by atoms with van der Waals surface area (Å²) in [7, 11) is 0. The van der Waals surface area contributed by atoms with E-state index < -0.39 is 0 Å². The summed E-state index contributed by atoms with van der Waals surface area (Å²) >= 11 is 0. The molecule has 0 atom stereocenters. The van der Waals surface area contributed by atoms with Crippen molar-refractivity contribution >= 4 is 17.4 Å². The van der Waals surface area contributed by atoms with Gasteiger partial charge in [-0.3, -0.25) is 14.7 Å². The first-order chi connectivity index (χ1) is 9.32. The molecule has 2 aromatic rings. The number of carbonyl (C=O) groups excluding carboxylic acids is 2. The Balaban J connectivity index is 2.36. The van der Waals surface area contributed by atoms with Crippen LogP contribution in [0.4, 0.5) is 5.69 Å². The van der Waals surface area contributed by atoms with Crippen LogP contribution in [0.15, 0.2) is 0 Å². The van der Waals surface area contributed by atoms with Gasteiger partial charge in [-0.1, -0.05) is 0 Å². The van der Waals surface area contributed by atoms with Crippen LogP contribution in [-0.4, -0.2) is 26.9 Å². The Hall–Kier alpha value is -2.37. The van der Waals surface area contributed by atoms with Crippen LogP contribution in [0.2, 0.25) is 0 Å². The monoisotopic (exact) mass is 274 g/mol. The van der Waals surface area contributed by atoms with Gasteiger partial charge in [-0.15, -0.1) is 0 Å². The van der Waals surface area contributed by atoms with Crippen LogP contribution in [-0.2, 0) is 0 Å². The maximum Gasteiger partial charge on any atom is 0.272 e. The van der Waals surface area contributed by atoms with Crippen molar-refractivity contribution in [3.05, 3.63) is 33.9 Å². The van der Waals surface area contributed by atoms with Gasteiger partial charge >= 0.3 is 0 Å². The van der Waals surface area contributed by atoms with Gasteiger partial charge in [0.25, 0.3) is 5.91 Å². The van der Waals surface area contributed by atoms with E-state index in [-0.39, 0.29) is 11.7 Å². The Morgan fingerprint density at radius 3 is 2.20 bits per heavy atom. The molecule has 106 valence electrons. The zero-order valence-electron chi connectivity index (χ0n) is 12.3. The molecule has 0 unspecified atom stereocenters. The maximum atomic E-state index is 12.3. The van der Waals surface area contributed by atoms with Crippen molar-refractivity contribution in [2.45, 2.75) is 34.6 Å². The predicted molar refractivity (Wildman–Crippen MR) is 76.3 cm³/mol. The second-order valence-electron chi connectivity index (χ2n) is 4.94. The number of Topliss-reactive ketones (excluding diaryl/α,β-unsaturated/α-hetero) is 1. The van der Waals surface area contributed by atoms with Gasteiger partial charge in [-0.25, -0.2) is 0 Å². The minimum Gasteiger partial charge on any atom is -0.354 e. The molecule has 6 heteroatoms. The first-order valence-electron chi connectivity index (χ1n) is 6.36. The van der Waals surface area contributed by atoms with Crippen LogP contribution < -0.4 is 5.32 Å².